The average molecular weight is 235 g/mol. The van der Waals surface area contributed by atoms with E-state index in [0.717, 1.165) is 0 Å². The van der Waals surface area contributed by atoms with Crippen molar-refractivity contribution in [1.82, 2.24) is 0 Å². The van der Waals surface area contributed by atoms with Crippen molar-refractivity contribution in [2.45, 2.75) is 6.92 Å². The SMILES string of the molecule is COc1cc(OC)c2c(c1)N(C(C)=O)CC2=O. The highest BCUT2D eigenvalue weighted by Crippen LogP contribution is 2.38. The second-order valence-electron chi connectivity index (χ2n) is 3.75. The zero-order valence-corrected chi connectivity index (χ0v) is 9.94. The van der Waals surface area contributed by atoms with Crippen molar-refractivity contribution < 1.29 is 19.1 Å². The van der Waals surface area contributed by atoms with Crippen LogP contribution in [-0.4, -0.2) is 32.5 Å². The van der Waals surface area contributed by atoms with E-state index in [0.29, 0.717) is 22.7 Å². The number of rotatable bonds is 2. The molecule has 1 aliphatic heterocycles. The minimum absolute atomic E-state index is 0.0637. The lowest BCUT2D eigenvalue weighted by molar-refractivity contribution is -0.116. The highest BCUT2D eigenvalue weighted by molar-refractivity contribution is 6.17. The number of hydrogen-bond acceptors (Lipinski definition) is 4. The van der Waals surface area contributed by atoms with Gasteiger partial charge in [-0.25, -0.2) is 0 Å². The maximum atomic E-state index is 11.8. The number of benzene rings is 1. The van der Waals surface area contributed by atoms with Gasteiger partial charge in [-0.3, -0.25) is 9.59 Å². The van der Waals surface area contributed by atoms with E-state index >= 15 is 0 Å². The number of amides is 1. The molecule has 1 aliphatic rings. The Balaban J connectivity index is 2.63. The second kappa shape index (κ2) is 4.08. The molecule has 90 valence electrons. The number of fused-ring (bicyclic) bond motifs is 1. The normalized spacial score (nSPS) is 13.6. The van der Waals surface area contributed by atoms with Gasteiger partial charge in [-0.2, -0.15) is 0 Å². The maximum absolute atomic E-state index is 11.8. The van der Waals surface area contributed by atoms with Crippen molar-refractivity contribution in [1.29, 1.82) is 0 Å². The van der Waals surface area contributed by atoms with Gasteiger partial charge in [0.2, 0.25) is 5.91 Å². The van der Waals surface area contributed by atoms with Crippen LogP contribution >= 0.6 is 0 Å². The van der Waals surface area contributed by atoms with Gasteiger partial charge < -0.3 is 14.4 Å². The predicted molar refractivity (Wildman–Crippen MR) is 61.9 cm³/mol. The highest BCUT2D eigenvalue weighted by atomic mass is 16.5. The number of anilines is 1. The third kappa shape index (κ3) is 1.73. The molecule has 2 rings (SSSR count). The summed E-state index contributed by atoms with van der Waals surface area (Å²) in [5.74, 6) is 0.705. The summed E-state index contributed by atoms with van der Waals surface area (Å²) in [5, 5.41) is 0. The predicted octanol–water partition coefficient (Wildman–Crippen LogP) is 1.25. The Kier molecular flexibility index (Phi) is 2.75. The van der Waals surface area contributed by atoms with E-state index in [2.05, 4.69) is 0 Å². The number of hydrogen-bond donors (Lipinski definition) is 0. The number of ether oxygens (including phenoxy) is 2. The summed E-state index contributed by atoms with van der Waals surface area (Å²) < 4.78 is 10.3. The fourth-order valence-corrected chi connectivity index (χ4v) is 1.94. The summed E-state index contributed by atoms with van der Waals surface area (Å²) in [4.78, 5) is 24.7. The van der Waals surface area contributed by atoms with Gasteiger partial charge >= 0.3 is 0 Å². The first-order valence-electron chi connectivity index (χ1n) is 5.15. The van der Waals surface area contributed by atoms with Crippen LogP contribution in [0, 0.1) is 0 Å². The molecule has 0 aromatic heterocycles. The molecule has 1 heterocycles. The van der Waals surface area contributed by atoms with Crippen LogP contribution in [0.1, 0.15) is 17.3 Å². The zero-order valence-electron chi connectivity index (χ0n) is 9.94. The molecule has 17 heavy (non-hydrogen) atoms. The first kappa shape index (κ1) is 11.4. The molecule has 5 heteroatoms. The number of nitrogens with zero attached hydrogens (tertiary/aromatic N) is 1. The molecule has 0 N–H and O–H groups in total. The molecule has 0 unspecified atom stereocenters. The Hall–Kier alpha value is -2.04. The van der Waals surface area contributed by atoms with E-state index in [1.807, 2.05) is 0 Å². The summed E-state index contributed by atoms with van der Waals surface area (Å²) in [5.41, 5.74) is 1.00. The molecule has 1 aromatic carbocycles. The average Bonchev–Trinajstić information content (AvgIpc) is 2.66. The minimum Gasteiger partial charge on any atom is -0.497 e. The molecule has 0 fully saturated rings. The molecule has 0 aliphatic carbocycles. The van der Waals surface area contributed by atoms with Gasteiger partial charge in [0.15, 0.2) is 5.78 Å². The van der Waals surface area contributed by atoms with E-state index < -0.39 is 0 Å². The summed E-state index contributed by atoms with van der Waals surface area (Å²) >= 11 is 0. The first-order chi connectivity index (χ1) is 8.08. The van der Waals surface area contributed by atoms with Crippen molar-refractivity contribution in [3.05, 3.63) is 17.7 Å². The lowest BCUT2D eigenvalue weighted by atomic mass is 10.1. The van der Waals surface area contributed by atoms with E-state index in [1.54, 1.807) is 12.1 Å². The molecule has 0 atom stereocenters. The standard InChI is InChI=1S/C12H13NO4/c1-7(14)13-6-10(15)12-9(13)4-8(16-2)5-11(12)17-3/h4-5H,6H2,1-3H3. The molecular formula is C12H13NO4. The Morgan fingerprint density at radius 2 is 2.00 bits per heavy atom. The lowest BCUT2D eigenvalue weighted by Gasteiger charge is -2.15. The number of ketones is 1. The Labute approximate surface area is 98.9 Å². The Morgan fingerprint density at radius 3 is 2.53 bits per heavy atom. The van der Waals surface area contributed by atoms with Gasteiger partial charge in [0.05, 0.1) is 32.0 Å². The van der Waals surface area contributed by atoms with E-state index in [-0.39, 0.29) is 18.2 Å². The van der Waals surface area contributed by atoms with Crippen LogP contribution in [0.15, 0.2) is 12.1 Å². The van der Waals surface area contributed by atoms with Crippen LogP contribution in [0.3, 0.4) is 0 Å². The van der Waals surface area contributed by atoms with Gasteiger partial charge in [-0.1, -0.05) is 0 Å². The van der Waals surface area contributed by atoms with Gasteiger partial charge in [-0.15, -0.1) is 0 Å². The fraction of sp³-hybridized carbons (Fsp3) is 0.333. The second-order valence-corrected chi connectivity index (χ2v) is 3.75. The van der Waals surface area contributed by atoms with Crippen LogP contribution in [0.5, 0.6) is 11.5 Å². The number of carbonyl (C=O) groups excluding carboxylic acids is 2. The van der Waals surface area contributed by atoms with E-state index in [9.17, 15) is 9.59 Å². The van der Waals surface area contributed by atoms with Gasteiger partial charge in [-0.05, 0) is 0 Å². The summed E-state index contributed by atoms with van der Waals surface area (Å²) in [6, 6.07) is 3.31. The molecule has 0 saturated heterocycles. The van der Waals surface area contributed by atoms with Crippen molar-refractivity contribution >= 4 is 17.4 Å². The third-order valence-electron chi connectivity index (χ3n) is 2.76. The van der Waals surface area contributed by atoms with Crippen molar-refractivity contribution in [3.8, 4) is 11.5 Å². The Bertz CT molecular complexity index is 496. The van der Waals surface area contributed by atoms with Crippen molar-refractivity contribution in [2.75, 3.05) is 25.7 Å². The number of methoxy groups -OCH3 is 2. The molecule has 0 spiro atoms. The first-order valence-corrected chi connectivity index (χ1v) is 5.15. The third-order valence-corrected chi connectivity index (χ3v) is 2.76. The van der Waals surface area contributed by atoms with Crippen molar-refractivity contribution in [2.24, 2.45) is 0 Å². The number of Topliss-reactive ketones (excluding diaryl/α,β-unsaturated/α-hetero) is 1. The van der Waals surface area contributed by atoms with E-state index in [1.165, 1.54) is 26.0 Å². The van der Waals surface area contributed by atoms with Crippen LogP contribution in [0.4, 0.5) is 5.69 Å². The maximum Gasteiger partial charge on any atom is 0.224 e. The zero-order chi connectivity index (χ0) is 12.6. The topological polar surface area (TPSA) is 55.8 Å². The van der Waals surface area contributed by atoms with Gasteiger partial charge in [0, 0.05) is 19.1 Å². The van der Waals surface area contributed by atoms with Gasteiger partial charge in [0.1, 0.15) is 11.5 Å². The molecular weight excluding hydrogens is 222 g/mol. The molecule has 0 saturated carbocycles. The molecule has 0 radical (unpaired) electrons. The molecule has 1 aromatic rings. The molecule has 5 nitrogen and oxygen atoms in total. The highest BCUT2D eigenvalue weighted by Gasteiger charge is 2.32. The number of carbonyl (C=O) groups is 2. The molecule has 1 amide bonds. The van der Waals surface area contributed by atoms with Gasteiger partial charge in [0.25, 0.3) is 0 Å². The monoisotopic (exact) mass is 235 g/mol. The van der Waals surface area contributed by atoms with Crippen LogP contribution < -0.4 is 14.4 Å². The summed E-state index contributed by atoms with van der Waals surface area (Å²) in [6.45, 7) is 1.49. The summed E-state index contributed by atoms with van der Waals surface area (Å²) in [7, 11) is 3.01. The van der Waals surface area contributed by atoms with Crippen LogP contribution in [0.2, 0.25) is 0 Å². The van der Waals surface area contributed by atoms with Crippen LogP contribution in [-0.2, 0) is 4.79 Å². The fourth-order valence-electron chi connectivity index (χ4n) is 1.94. The minimum atomic E-state index is -0.174. The lowest BCUT2D eigenvalue weighted by Crippen LogP contribution is -2.27. The van der Waals surface area contributed by atoms with Crippen molar-refractivity contribution in [3.63, 3.8) is 0 Å². The quantitative estimate of drug-likeness (QED) is 0.774. The molecule has 0 bridgehead atoms. The smallest absolute Gasteiger partial charge is 0.224 e. The summed E-state index contributed by atoms with van der Waals surface area (Å²) in [6.07, 6.45) is 0. The van der Waals surface area contributed by atoms with Crippen LogP contribution in [0.25, 0.3) is 0 Å². The largest absolute Gasteiger partial charge is 0.497 e. The Morgan fingerprint density at radius 1 is 1.29 bits per heavy atom. The van der Waals surface area contributed by atoms with E-state index in [4.69, 9.17) is 9.47 Å².